The molecule has 1 aromatic carbocycles. The highest BCUT2D eigenvalue weighted by Crippen LogP contribution is 2.24. The second-order valence-electron chi connectivity index (χ2n) is 5.66. The summed E-state index contributed by atoms with van der Waals surface area (Å²) < 4.78 is 25.3. The summed E-state index contributed by atoms with van der Waals surface area (Å²) in [4.78, 5) is 0. The van der Waals surface area contributed by atoms with Gasteiger partial charge in [0, 0.05) is 18.5 Å². The van der Waals surface area contributed by atoms with Crippen molar-refractivity contribution in [3.8, 4) is 0 Å². The summed E-state index contributed by atoms with van der Waals surface area (Å²) in [6, 6.07) is 7.42. The number of nitrogen functional groups attached to an aromatic ring is 1. The Kier molecular flexibility index (Phi) is 7.93. The average molecular weight is 346 g/mol. The van der Waals surface area contributed by atoms with E-state index in [1.807, 2.05) is 18.2 Å². The third-order valence-electron chi connectivity index (χ3n) is 3.55. The smallest absolute Gasteiger partial charge is 0.333 e. The normalized spacial score (nSPS) is 17.2. The Bertz CT molecular complexity index is 567. The Hall–Kier alpha value is -1.19. The van der Waals surface area contributed by atoms with Crippen LogP contribution in [0.1, 0.15) is 44.1 Å². The van der Waals surface area contributed by atoms with Crippen molar-refractivity contribution in [2.24, 2.45) is 5.14 Å². The Morgan fingerprint density at radius 1 is 1.13 bits per heavy atom. The quantitative estimate of drug-likeness (QED) is 0.357. The molecule has 132 valence electrons. The van der Waals surface area contributed by atoms with Crippen LogP contribution in [-0.4, -0.2) is 31.0 Å². The first-order valence-electron chi connectivity index (χ1n) is 7.65. The number of aliphatic hydroxyl groups is 2. The minimum Gasteiger partial charge on any atom is -0.399 e. The molecule has 1 saturated carbocycles. The van der Waals surface area contributed by atoms with Crippen LogP contribution in [0.25, 0.3) is 0 Å². The highest BCUT2D eigenvalue weighted by molar-refractivity contribution is 7.84. The molecule has 0 unspecified atom stereocenters. The molecule has 1 aliphatic carbocycles. The predicted octanol–water partition coefficient (Wildman–Crippen LogP) is 1.05. The van der Waals surface area contributed by atoms with E-state index < -0.39 is 16.1 Å². The first kappa shape index (κ1) is 19.9. The number of rotatable bonds is 5. The van der Waals surface area contributed by atoms with Crippen LogP contribution in [0.15, 0.2) is 24.3 Å². The topological polar surface area (TPSA) is 136 Å². The van der Waals surface area contributed by atoms with Crippen molar-refractivity contribution in [2.75, 3.05) is 12.3 Å². The van der Waals surface area contributed by atoms with E-state index >= 15 is 0 Å². The molecule has 1 aromatic rings. The second kappa shape index (κ2) is 9.19. The summed E-state index contributed by atoms with van der Waals surface area (Å²) in [7, 11) is -3.82. The standard InChI is InChI=1S/C9H14N2O3S.C6H12O2/c10-9-6-2-1-4-8(9)5-3-7-14-15(11,12)13;7-6(8)4-2-1-3-5-6/h1-2,4,6H,3,5,7,10H2,(H2,11,12,13);7-8H,1-5H2. The molecule has 0 amide bonds. The van der Waals surface area contributed by atoms with Crippen molar-refractivity contribution in [3.63, 3.8) is 0 Å². The lowest BCUT2D eigenvalue weighted by Crippen LogP contribution is -2.30. The maximum Gasteiger partial charge on any atom is 0.333 e. The zero-order valence-electron chi connectivity index (χ0n) is 13.1. The van der Waals surface area contributed by atoms with Crippen molar-refractivity contribution in [3.05, 3.63) is 29.8 Å². The maximum atomic E-state index is 10.4. The summed E-state index contributed by atoms with van der Waals surface area (Å²) in [5.41, 5.74) is 7.39. The van der Waals surface area contributed by atoms with Gasteiger partial charge in [-0.05, 0) is 37.3 Å². The first-order chi connectivity index (χ1) is 10.7. The van der Waals surface area contributed by atoms with E-state index in [-0.39, 0.29) is 6.61 Å². The predicted molar refractivity (Wildman–Crippen MR) is 88.5 cm³/mol. The van der Waals surface area contributed by atoms with Gasteiger partial charge in [-0.1, -0.05) is 24.6 Å². The fourth-order valence-corrected chi connectivity index (χ4v) is 2.67. The number of benzene rings is 1. The van der Waals surface area contributed by atoms with Gasteiger partial charge in [-0.2, -0.15) is 8.42 Å². The molecule has 23 heavy (non-hydrogen) atoms. The van der Waals surface area contributed by atoms with Crippen LogP contribution in [0.5, 0.6) is 0 Å². The van der Waals surface area contributed by atoms with Crippen molar-refractivity contribution < 1.29 is 22.8 Å². The van der Waals surface area contributed by atoms with Crippen LogP contribution in [0.4, 0.5) is 5.69 Å². The van der Waals surface area contributed by atoms with Gasteiger partial charge in [-0.25, -0.2) is 5.14 Å². The summed E-state index contributed by atoms with van der Waals surface area (Å²) in [6.07, 6.45) is 5.44. The third kappa shape index (κ3) is 9.52. The molecule has 0 saturated heterocycles. The molecule has 7 nitrogen and oxygen atoms in total. The van der Waals surface area contributed by atoms with Crippen molar-refractivity contribution in [2.45, 2.75) is 50.7 Å². The number of hydrogen-bond acceptors (Lipinski definition) is 6. The summed E-state index contributed by atoms with van der Waals surface area (Å²) in [5.74, 6) is -1.32. The van der Waals surface area contributed by atoms with Gasteiger partial charge < -0.3 is 15.9 Å². The van der Waals surface area contributed by atoms with E-state index in [0.29, 0.717) is 31.4 Å². The minimum atomic E-state index is -3.82. The van der Waals surface area contributed by atoms with Crippen molar-refractivity contribution in [1.82, 2.24) is 0 Å². The van der Waals surface area contributed by atoms with Gasteiger partial charge in [0.05, 0.1) is 6.61 Å². The van der Waals surface area contributed by atoms with Gasteiger partial charge in [-0.3, -0.25) is 4.18 Å². The molecule has 8 heteroatoms. The van der Waals surface area contributed by atoms with Crippen LogP contribution in [0, 0.1) is 0 Å². The van der Waals surface area contributed by atoms with Gasteiger partial charge in [0.2, 0.25) is 0 Å². The van der Waals surface area contributed by atoms with E-state index in [9.17, 15) is 8.42 Å². The largest absolute Gasteiger partial charge is 0.399 e. The molecule has 0 spiro atoms. The lowest BCUT2D eigenvalue weighted by Gasteiger charge is -2.25. The zero-order chi connectivity index (χ0) is 17.3. The summed E-state index contributed by atoms with van der Waals surface area (Å²) in [6.45, 7) is 0.0766. The van der Waals surface area contributed by atoms with Crippen LogP contribution in [-0.2, 0) is 20.9 Å². The van der Waals surface area contributed by atoms with Crippen molar-refractivity contribution in [1.29, 1.82) is 0 Å². The van der Waals surface area contributed by atoms with E-state index in [1.54, 1.807) is 6.07 Å². The van der Waals surface area contributed by atoms with Gasteiger partial charge in [0.1, 0.15) is 0 Å². The Morgan fingerprint density at radius 2 is 1.74 bits per heavy atom. The number of para-hydroxylation sites is 1. The van der Waals surface area contributed by atoms with Gasteiger partial charge >= 0.3 is 10.3 Å². The van der Waals surface area contributed by atoms with E-state index in [4.69, 9.17) is 15.9 Å². The lowest BCUT2D eigenvalue weighted by atomic mass is 9.95. The molecular weight excluding hydrogens is 320 g/mol. The molecule has 2 rings (SSSR count). The molecule has 0 radical (unpaired) electrons. The molecular formula is C15H26N2O5S. The second-order valence-corrected chi connectivity index (χ2v) is 6.88. The van der Waals surface area contributed by atoms with E-state index in [1.165, 1.54) is 0 Å². The molecule has 1 aliphatic rings. The van der Waals surface area contributed by atoms with Gasteiger partial charge in [-0.15, -0.1) is 0 Å². The van der Waals surface area contributed by atoms with Crippen LogP contribution in [0.3, 0.4) is 0 Å². The fourth-order valence-electron chi connectivity index (χ4n) is 2.32. The molecule has 6 N–H and O–H groups in total. The fraction of sp³-hybridized carbons (Fsp3) is 0.600. The van der Waals surface area contributed by atoms with Crippen LogP contribution >= 0.6 is 0 Å². The molecule has 0 atom stereocenters. The molecule has 1 fully saturated rings. The summed E-state index contributed by atoms with van der Waals surface area (Å²) in [5, 5.41) is 22.5. The summed E-state index contributed by atoms with van der Waals surface area (Å²) >= 11 is 0. The van der Waals surface area contributed by atoms with E-state index in [2.05, 4.69) is 9.32 Å². The molecule has 0 heterocycles. The maximum absolute atomic E-state index is 10.4. The molecule has 0 aromatic heterocycles. The Morgan fingerprint density at radius 3 is 2.22 bits per heavy atom. The van der Waals surface area contributed by atoms with E-state index in [0.717, 1.165) is 24.8 Å². The number of aryl methyl sites for hydroxylation is 1. The minimum absolute atomic E-state index is 0.0766. The van der Waals surface area contributed by atoms with Crippen LogP contribution in [0.2, 0.25) is 0 Å². The third-order valence-corrected chi connectivity index (χ3v) is 4.04. The Labute approximate surface area is 137 Å². The Balaban J connectivity index is 0.000000277. The van der Waals surface area contributed by atoms with Crippen LogP contribution < -0.4 is 10.9 Å². The highest BCUT2D eigenvalue weighted by atomic mass is 32.2. The highest BCUT2D eigenvalue weighted by Gasteiger charge is 2.24. The monoisotopic (exact) mass is 346 g/mol. The SMILES string of the molecule is Nc1ccccc1CCCOS(N)(=O)=O.OC1(O)CCCCC1. The molecule has 0 bridgehead atoms. The van der Waals surface area contributed by atoms with Gasteiger partial charge in [0.15, 0.2) is 5.79 Å². The average Bonchev–Trinajstić information content (AvgIpc) is 2.45. The first-order valence-corrected chi connectivity index (χ1v) is 9.12. The number of hydrogen-bond donors (Lipinski definition) is 4. The zero-order valence-corrected chi connectivity index (χ0v) is 14.0. The van der Waals surface area contributed by atoms with Gasteiger partial charge in [0.25, 0.3) is 0 Å². The number of anilines is 1. The molecule has 0 aliphatic heterocycles. The van der Waals surface area contributed by atoms with Crippen molar-refractivity contribution >= 4 is 16.0 Å². The number of nitrogens with two attached hydrogens (primary N) is 2. The lowest BCUT2D eigenvalue weighted by molar-refractivity contribution is -0.180.